The van der Waals surface area contributed by atoms with Gasteiger partial charge in [-0.2, -0.15) is 0 Å². The Morgan fingerprint density at radius 3 is 2.19 bits per heavy atom. The average molecular weight is 252 g/mol. The van der Waals surface area contributed by atoms with Gasteiger partial charge >= 0.3 is 0 Å². The summed E-state index contributed by atoms with van der Waals surface area (Å²) in [5.41, 5.74) is 6.98. The van der Waals surface area contributed by atoms with E-state index in [9.17, 15) is 0 Å². The third kappa shape index (κ3) is 2.46. The van der Waals surface area contributed by atoms with Crippen LogP contribution in [0.4, 0.5) is 0 Å². The first-order valence-electron chi connectivity index (χ1n) is 5.12. The van der Waals surface area contributed by atoms with Crippen molar-refractivity contribution in [2.24, 2.45) is 5.73 Å². The van der Waals surface area contributed by atoms with Crippen LogP contribution in [0.15, 0.2) is 36.4 Å². The summed E-state index contributed by atoms with van der Waals surface area (Å²) in [4.78, 5) is 2.42. The van der Waals surface area contributed by atoms with Crippen molar-refractivity contribution in [3.8, 4) is 10.4 Å². The Bertz CT molecular complexity index is 479. The van der Waals surface area contributed by atoms with Crippen LogP contribution >= 0.6 is 22.9 Å². The van der Waals surface area contributed by atoms with E-state index in [2.05, 4.69) is 12.1 Å². The van der Waals surface area contributed by atoms with Gasteiger partial charge in [0.1, 0.15) is 0 Å². The molecule has 3 heteroatoms. The van der Waals surface area contributed by atoms with Crippen molar-refractivity contribution < 1.29 is 0 Å². The van der Waals surface area contributed by atoms with Gasteiger partial charge in [0.2, 0.25) is 0 Å². The van der Waals surface area contributed by atoms with E-state index in [0.717, 1.165) is 5.02 Å². The first-order chi connectivity index (χ1) is 7.47. The summed E-state index contributed by atoms with van der Waals surface area (Å²) in [5, 5.41) is 0.764. The van der Waals surface area contributed by atoms with Gasteiger partial charge in [0.25, 0.3) is 0 Å². The van der Waals surface area contributed by atoms with Gasteiger partial charge in [0.15, 0.2) is 0 Å². The van der Waals surface area contributed by atoms with Gasteiger partial charge in [-0.05, 0) is 43.7 Å². The minimum absolute atomic E-state index is 0.269. The zero-order chi connectivity index (χ0) is 11.8. The summed E-state index contributed by atoms with van der Waals surface area (Å²) in [6.07, 6.45) is 0. The van der Waals surface area contributed by atoms with Gasteiger partial charge < -0.3 is 5.73 Å². The summed E-state index contributed by atoms with van der Waals surface area (Å²) in [6.45, 7) is 4.04. The van der Waals surface area contributed by atoms with Crippen LogP contribution in [0.3, 0.4) is 0 Å². The lowest BCUT2D eigenvalue weighted by molar-refractivity contribution is 0.567. The van der Waals surface area contributed by atoms with Crippen molar-refractivity contribution in [2.75, 3.05) is 0 Å². The zero-order valence-corrected chi connectivity index (χ0v) is 10.9. The van der Waals surface area contributed by atoms with Crippen LogP contribution in [0, 0.1) is 0 Å². The summed E-state index contributed by atoms with van der Waals surface area (Å²) in [7, 11) is 0. The topological polar surface area (TPSA) is 26.0 Å². The van der Waals surface area contributed by atoms with Gasteiger partial charge in [0, 0.05) is 20.3 Å². The normalized spacial score (nSPS) is 11.8. The molecule has 0 aliphatic heterocycles. The fourth-order valence-corrected chi connectivity index (χ4v) is 2.61. The summed E-state index contributed by atoms with van der Waals surface area (Å²) in [6, 6.07) is 12.1. The van der Waals surface area contributed by atoms with Crippen LogP contribution in [0.2, 0.25) is 5.02 Å². The lowest BCUT2D eigenvalue weighted by Crippen LogP contribution is -2.27. The van der Waals surface area contributed by atoms with Gasteiger partial charge in [-0.25, -0.2) is 0 Å². The molecule has 0 fully saturated rings. The van der Waals surface area contributed by atoms with Crippen LogP contribution < -0.4 is 5.73 Å². The van der Waals surface area contributed by atoms with Gasteiger partial charge in [0.05, 0.1) is 0 Å². The molecule has 2 N–H and O–H groups in total. The number of rotatable bonds is 2. The number of halogens is 1. The Hall–Kier alpha value is -0.830. The lowest BCUT2D eigenvalue weighted by Gasteiger charge is -2.15. The quantitative estimate of drug-likeness (QED) is 0.848. The molecule has 0 saturated heterocycles. The van der Waals surface area contributed by atoms with E-state index in [4.69, 9.17) is 17.3 Å². The third-order valence-corrected chi connectivity index (χ3v) is 4.10. The number of nitrogens with two attached hydrogens (primary N) is 1. The first-order valence-corrected chi connectivity index (χ1v) is 6.31. The highest BCUT2D eigenvalue weighted by molar-refractivity contribution is 7.15. The lowest BCUT2D eigenvalue weighted by atomic mass is 10.1. The summed E-state index contributed by atoms with van der Waals surface area (Å²) in [5.74, 6) is 0. The highest BCUT2D eigenvalue weighted by atomic mass is 35.5. The van der Waals surface area contributed by atoms with Crippen LogP contribution in [-0.2, 0) is 5.54 Å². The molecule has 0 saturated carbocycles. The van der Waals surface area contributed by atoms with Crippen molar-refractivity contribution in [2.45, 2.75) is 19.4 Å². The molecular formula is C13H14ClNS. The van der Waals surface area contributed by atoms with E-state index in [1.54, 1.807) is 11.3 Å². The van der Waals surface area contributed by atoms with Gasteiger partial charge in [-0.1, -0.05) is 23.7 Å². The molecule has 1 aromatic heterocycles. The minimum atomic E-state index is -0.269. The molecule has 1 aromatic carbocycles. The Balaban J connectivity index is 2.35. The first kappa shape index (κ1) is 11.6. The van der Waals surface area contributed by atoms with E-state index < -0.39 is 0 Å². The van der Waals surface area contributed by atoms with E-state index in [1.807, 2.05) is 38.1 Å². The minimum Gasteiger partial charge on any atom is -0.321 e. The Morgan fingerprint density at radius 2 is 1.69 bits per heavy atom. The maximum Gasteiger partial charge on any atom is 0.0446 e. The number of hydrogen-bond acceptors (Lipinski definition) is 2. The van der Waals surface area contributed by atoms with Crippen LogP contribution in [0.5, 0.6) is 0 Å². The second kappa shape index (κ2) is 4.21. The van der Waals surface area contributed by atoms with Crippen LogP contribution in [0.1, 0.15) is 18.7 Å². The molecule has 16 heavy (non-hydrogen) atoms. The molecule has 2 aromatic rings. The van der Waals surface area contributed by atoms with Crippen molar-refractivity contribution >= 4 is 22.9 Å². The molecule has 0 atom stereocenters. The predicted octanol–water partition coefficient (Wildman–Crippen LogP) is 4.26. The molecule has 2 rings (SSSR count). The summed E-state index contributed by atoms with van der Waals surface area (Å²) < 4.78 is 0. The second-order valence-electron chi connectivity index (χ2n) is 4.39. The van der Waals surface area contributed by atoms with Crippen molar-refractivity contribution in [3.63, 3.8) is 0 Å². The van der Waals surface area contributed by atoms with Crippen molar-refractivity contribution in [1.82, 2.24) is 0 Å². The van der Waals surface area contributed by atoms with Gasteiger partial charge in [-0.3, -0.25) is 0 Å². The molecule has 1 nitrogen and oxygen atoms in total. The molecule has 0 amide bonds. The number of benzene rings is 1. The monoisotopic (exact) mass is 251 g/mol. The predicted molar refractivity (Wildman–Crippen MR) is 72.0 cm³/mol. The SMILES string of the molecule is CC(C)(N)c1ccc(-c2ccc(Cl)cc2)s1. The maximum atomic E-state index is 6.06. The molecule has 0 bridgehead atoms. The number of hydrogen-bond donors (Lipinski definition) is 1. The van der Waals surface area contributed by atoms with Crippen LogP contribution in [0.25, 0.3) is 10.4 Å². The fourth-order valence-electron chi connectivity index (χ4n) is 1.45. The van der Waals surface area contributed by atoms with E-state index >= 15 is 0 Å². The van der Waals surface area contributed by atoms with E-state index in [0.29, 0.717) is 0 Å². The Labute approximate surface area is 105 Å². The van der Waals surface area contributed by atoms with Gasteiger partial charge in [-0.15, -0.1) is 11.3 Å². The Kier molecular flexibility index (Phi) is 3.06. The third-order valence-electron chi connectivity index (χ3n) is 2.37. The summed E-state index contributed by atoms with van der Waals surface area (Å²) >= 11 is 7.59. The molecule has 84 valence electrons. The standard InChI is InChI=1S/C13H14ClNS/c1-13(2,15)12-8-7-11(16-12)9-3-5-10(14)6-4-9/h3-8H,15H2,1-2H3. The Morgan fingerprint density at radius 1 is 1.06 bits per heavy atom. The second-order valence-corrected chi connectivity index (χ2v) is 5.91. The highest BCUT2D eigenvalue weighted by Crippen LogP contribution is 2.33. The molecule has 0 spiro atoms. The maximum absolute atomic E-state index is 6.06. The molecule has 0 aliphatic carbocycles. The zero-order valence-electron chi connectivity index (χ0n) is 9.33. The van der Waals surface area contributed by atoms with E-state index in [-0.39, 0.29) is 5.54 Å². The van der Waals surface area contributed by atoms with E-state index in [1.165, 1.54) is 15.3 Å². The molecule has 1 heterocycles. The molecule has 0 radical (unpaired) electrons. The smallest absolute Gasteiger partial charge is 0.0446 e. The highest BCUT2D eigenvalue weighted by Gasteiger charge is 2.16. The molecular weight excluding hydrogens is 238 g/mol. The number of thiophene rings is 1. The average Bonchev–Trinajstić information content (AvgIpc) is 2.67. The van der Waals surface area contributed by atoms with Crippen molar-refractivity contribution in [3.05, 3.63) is 46.3 Å². The fraction of sp³-hybridized carbons (Fsp3) is 0.231. The molecule has 0 unspecified atom stereocenters. The largest absolute Gasteiger partial charge is 0.321 e. The molecule has 0 aliphatic rings. The van der Waals surface area contributed by atoms with Crippen molar-refractivity contribution in [1.29, 1.82) is 0 Å². The van der Waals surface area contributed by atoms with Crippen LogP contribution in [-0.4, -0.2) is 0 Å².